The van der Waals surface area contributed by atoms with Crippen molar-refractivity contribution in [2.75, 3.05) is 38.1 Å². The number of hydrogen-bond acceptors (Lipinski definition) is 7. The topological polar surface area (TPSA) is 91.8 Å². The first-order valence-electron chi connectivity index (χ1n) is 14.0. The van der Waals surface area contributed by atoms with Crippen LogP contribution in [0, 0.1) is 6.92 Å². The molecule has 11 heteroatoms. The van der Waals surface area contributed by atoms with Crippen molar-refractivity contribution in [3.05, 3.63) is 88.9 Å². The van der Waals surface area contributed by atoms with Crippen LogP contribution in [0.25, 0.3) is 10.2 Å². The summed E-state index contributed by atoms with van der Waals surface area (Å²) in [5.74, 6) is -0.132. The normalized spacial score (nSPS) is 19.7. The highest BCUT2D eigenvalue weighted by Crippen LogP contribution is 2.36. The first kappa shape index (κ1) is 29.2. The zero-order valence-electron chi connectivity index (χ0n) is 23.3. The van der Waals surface area contributed by atoms with Gasteiger partial charge in [0.25, 0.3) is 0 Å². The van der Waals surface area contributed by atoms with Crippen LogP contribution in [0.15, 0.2) is 77.7 Å². The Labute approximate surface area is 255 Å². The number of piperidine rings is 1. The van der Waals surface area contributed by atoms with Crippen molar-refractivity contribution >= 4 is 54.2 Å². The van der Waals surface area contributed by atoms with Gasteiger partial charge in [0.1, 0.15) is 0 Å². The second-order valence-corrected chi connectivity index (χ2v) is 14.5. The van der Waals surface area contributed by atoms with Gasteiger partial charge in [-0.1, -0.05) is 71.0 Å². The van der Waals surface area contributed by atoms with Crippen molar-refractivity contribution in [3.63, 3.8) is 0 Å². The van der Waals surface area contributed by atoms with Gasteiger partial charge >= 0.3 is 0 Å². The molecule has 2 aliphatic rings. The van der Waals surface area contributed by atoms with Crippen LogP contribution in [-0.4, -0.2) is 72.9 Å². The van der Waals surface area contributed by atoms with Gasteiger partial charge in [-0.2, -0.15) is 4.31 Å². The fraction of sp³-hybridized carbons (Fsp3) is 0.355. The molecule has 0 radical (unpaired) electrons. The van der Waals surface area contributed by atoms with Gasteiger partial charge in [0.15, 0.2) is 5.13 Å². The molecule has 1 spiro atoms. The second-order valence-electron chi connectivity index (χ2n) is 11.2. The van der Waals surface area contributed by atoms with Gasteiger partial charge in [0.05, 0.1) is 39.9 Å². The average Bonchev–Trinajstić information content (AvgIpc) is 3.37. The highest BCUT2D eigenvalue weighted by molar-refractivity contribution is 7.89. The number of halogens is 1. The summed E-state index contributed by atoms with van der Waals surface area (Å²) in [5, 5.41) is 4.09. The lowest BCUT2D eigenvalue weighted by Gasteiger charge is -2.49. The highest BCUT2D eigenvalue weighted by atomic mass is 35.5. The molecule has 2 aliphatic heterocycles. The maximum atomic E-state index is 14.0. The molecular formula is C31H33ClN4O4S2. The minimum atomic E-state index is -3.74. The van der Waals surface area contributed by atoms with Crippen molar-refractivity contribution in [3.8, 4) is 0 Å². The van der Waals surface area contributed by atoms with E-state index < -0.39 is 15.6 Å². The zero-order valence-corrected chi connectivity index (χ0v) is 25.7. The first-order valence-corrected chi connectivity index (χ1v) is 16.7. The van der Waals surface area contributed by atoms with Gasteiger partial charge in [-0.05, 0) is 62.1 Å². The van der Waals surface area contributed by atoms with E-state index in [9.17, 15) is 13.2 Å². The maximum Gasteiger partial charge on any atom is 0.243 e. The largest absolute Gasteiger partial charge is 0.372 e. The Kier molecular flexibility index (Phi) is 8.37. The van der Waals surface area contributed by atoms with E-state index in [2.05, 4.69) is 15.2 Å². The van der Waals surface area contributed by atoms with Crippen LogP contribution >= 0.6 is 22.9 Å². The Morgan fingerprint density at radius 1 is 1.10 bits per heavy atom. The number of thiazole rings is 1. The number of anilines is 1. The van der Waals surface area contributed by atoms with Gasteiger partial charge in [-0.3, -0.25) is 9.69 Å². The molecule has 6 rings (SSSR count). The van der Waals surface area contributed by atoms with Crippen LogP contribution in [-0.2, 0) is 26.0 Å². The van der Waals surface area contributed by atoms with Gasteiger partial charge < -0.3 is 10.1 Å². The lowest BCUT2D eigenvalue weighted by atomic mass is 9.88. The fourth-order valence-electron chi connectivity index (χ4n) is 5.72. The van der Waals surface area contributed by atoms with E-state index >= 15 is 0 Å². The summed E-state index contributed by atoms with van der Waals surface area (Å²) in [5.41, 5.74) is 2.29. The quantitative estimate of drug-likeness (QED) is 0.298. The summed E-state index contributed by atoms with van der Waals surface area (Å²) in [4.78, 5) is 19.7. The number of aromatic nitrogens is 1. The van der Waals surface area contributed by atoms with Crippen LogP contribution in [0.2, 0.25) is 5.02 Å². The number of benzene rings is 3. The number of carbonyl (C=O) groups is 1. The molecule has 8 nitrogen and oxygen atoms in total. The van der Waals surface area contributed by atoms with E-state index in [1.54, 1.807) is 22.5 Å². The Morgan fingerprint density at radius 3 is 2.57 bits per heavy atom. The number of aryl methyl sites for hydroxylation is 1. The molecule has 42 heavy (non-hydrogen) atoms. The summed E-state index contributed by atoms with van der Waals surface area (Å²) in [7, 11) is -3.74. The smallest absolute Gasteiger partial charge is 0.243 e. The minimum absolute atomic E-state index is 0.132. The Bertz CT molecular complexity index is 1670. The third-order valence-electron chi connectivity index (χ3n) is 8.11. The van der Waals surface area contributed by atoms with E-state index in [0.29, 0.717) is 54.0 Å². The van der Waals surface area contributed by atoms with Crippen LogP contribution in [0.5, 0.6) is 0 Å². The van der Waals surface area contributed by atoms with E-state index in [1.807, 2.05) is 61.5 Å². The van der Waals surface area contributed by atoms with Crippen molar-refractivity contribution in [1.29, 1.82) is 0 Å². The van der Waals surface area contributed by atoms with E-state index in [4.69, 9.17) is 16.3 Å². The van der Waals surface area contributed by atoms with Crippen molar-refractivity contribution < 1.29 is 17.9 Å². The number of sulfonamides is 1. The van der Waals surface area contributed by atoms with Crippen LogP contribution in [0.4, 0.5) is 5.13 Å². The molecule has 3 aromatic carbocycles. The molecule has 220 valence electrons. The van der Waals surface area contributed by atoms with Gasteiger partial charge in [0, 0.05) is 24.7 Å². The number of amides is 1. The average molecular weight is 625 g/mol. The molecule has 4 aromatic rings. The summed E-state index contributed by atoms with van der Waals surface area (Å²) in [6, 6.07) is 22.1. The SMILES string of the molecule is Cc1ccc(S(=O)(=O)N2CC3(CCN(CC(=O)Nc4nc5ccc(Cl)cc5s4)CC3)OC[C@H]2Cc2ccccc2)cc1. The molecule has 3 heterocycles. The number of fused-ring (bicyclic) bond motifs is 1. The molecular weight excluding hydrogens is 592 g/mol. The van der Waals surface area contributed by atoms with Crippen LogP contribution in [0.3, 0.4) is 0 Å². The summed E-state index contributed by atoms with van der Waals surface area (Å²) in [6.45, 7) is 4.04. The molecule has 1 amide bonds. The number of likely N-dealkylation sites (tertiary alicyclic amines) is 1. The van der Waals surface area contributed by atoms with Gasteiger partial charge in [-0.25, -0.2) is 13.4 Å². The number of nitrogens with zero attached hydrogens (tertiary/aromatic N) is 3. The number of morpholine rings is 1. The lowest BCUT2D eigenvalue weighted by Crippen LogP contribution is -2.62. The number of carbonyl (C=O) groups excluding carboxylic acids is 1. The standard InChI is InChI=1S/C31H33ClN4O4S2/c1-22-7-10-26(11-8-22)42(38,39)36-21-31(40-20-25(36)17-23-5-3-2-4-6-23)13-15-35(16-14-31)19-29(37)34-30-33-27-12-9-24(32)18-28(27)41-30/h2-12,18,25H,13-17,19-21H2,1H3,(H,33,34,37)/t25-/m1/s1. The van der Waals surface area contributed by atoms with E-state index in [1.165, 1.54) is 11.3 Å². The molecule has 0 unspecified atom stereocenters. The Balaban J connectivity index is 1.13. The molecule has 2 saturated heterocycles. The molecule has 1 atom stereocenters. The maximum absolute atomic E-state index is 14.0. The molecule has 0 aliphatic carbocycles. The summed E-state index contributed by atoms with van der Waals surface area (Å²) >= 11 is 7.47. The van der Waals surface area contributed by atoms with Crippen LogP contribution < -0.4 is 5.32 Å². The van der Waals surface area contributed by atoms with Gasteiger partial charge in [0.2, 0.25) is 15.9 Å². The minimum Gasteiger partial charge on any atom is -0.372 e. The van der Waals surface area contributed by atoms with E-state index in [0.717, 1.165) is 21.3 Å². The third-order valence-corrected chi connectivity index (χ3v) is 11.2. The fourth-order valence-corrected chi connectivity index (χ4v) is 8.57. The predicted octanol–water partition coefficient (Wildman–Crippen LogP) is 5.36. The van der Waals surface area contributed by atoms with Crippen molar-refractivity contribution in [1.82, 2.24) is 14.2 Å². The highest BCUT2D eigenvalue weighted by Gasteiger charge is 2.47. The predicted molar refractivity (Wildman–Crippen MR) is 167 cm³/mol. The van der Waals surface area contributed by atoms with Crippen molar-refractivity contribution in [2.24, 2.45) is 0 Å². The second kappa shape index (κ2) is 12.0. The van der Waals surface area contributed by atoms with E-state index in [-0.39, 0.29) is 25.0 Å². The first-order chi connectivity index (χ1) is 20.2. The van der Waals surface area contributed by atoms with Crippen molar-refractivity contribution in [2.45, 2.75) is 42.7 Å². The molecule has 1 aromatic heterocycles. The van der Waals surface area contributed by atoms with Crippen LogP contribution in [0.1, 0.15) is 24.0 Å². The molecule has 0 saturated carbocycles. The van der Waals surface area contributed by atoms with Gasteiger partial charge in [-0.15, -0.1) is 0 Å². The number of rotatable bonds is 7. The molecule has 2 fully saturated rings. The summed E-state index contributed by atoms with van der Waals surface area (Å²) in [6.07, 6.45) is 1.85. The number of nitrogens with one attached hydrogen (secondary N) is 1. The third kappa shape index (κ3) is 6.39. The monoisotopic (exact) mass is 624 g/mol. The molecule has 1 N–H and O–H groups in total. The number of ether oxygens (including phenoxy) is 1. The zero-order chi connectivity index (χ0) is 29.3. The lowest BCUT2D eigenvalue weighted by molar-refractivity contribution is -0.139. The number of hydrogen-bond donors (Lipinski definition) is 1. The summed E-state index contributed by atoms with van der Waals surface area (Å²) < 4.78 is 37.1. The molecule has 0 bridgehead atoms. The Morgan fingerprint density at radius 2 is 1.83 bits per heavy atom. The Hall–Kier alpha value is -2.86.